The number of amides is 11. The molecule has 554 valence electrons. The Kier molecular flexibility index (Phi) is 34.2. The predicted octanol–water partition coefficient (Wildman–Crippen LogP) is 4.84. The van der Waals surface area contributed by atoms with Crippen molar-refractivity contribution in [3.05, 3.63) is 65.7 Å². The van der Waals surface area contributed by atoms with Crippen LogP contribution in [0, 0.1) is 29.6 Å². The number of primary amides is 1. The molecule has 1 aliphatic heterocycles. The largest absolute Gasteiger partial charge is 0.478 e. The van der Waals surface area contributed by atoms with Crippen molar-refractivity contribution >= 4 is 77.0 Å². The van der Waals surface area contributed by atoms with Gasteiger partial charge in [0.2, 0.25) is 53.4 Å². The van der Waals surface area contributed by atoms with Gasteiger partial charge in [-0.05, 0) is 101 Å². The number of nitrogens with two attached hydrogens (primary N) is 1. The zero-order chi connectivity index (χ0) is 74.9. The third kappa shape index (κ3) is 26.0. The first-order chi connectivity index (χ1) is 46.3. The van der Waals surface area contributed by atoms with Crippen LogP contribution in [0.1, 0.15) is 172 Å². The molecule has 1 heterocycles. The van der Waals surface area contributed by atoms with Gasteiger partial charge < -0.3 is 81.9 Å². The number of aliphatic carboxylic acids is 1. The highest BCUT2D eigenvalue weighted by Crippen LogP contribution is 2.31. The number of benzene rings is 2. The summed E-state index contributed by atoms with van der Waals surface area (Å²) < 4.78 is 22.9. The molecule has 1 fully saturated rings. The standard InChI is InChI=1S/C70H111N11O18/c1-19-41(8)57(51(96-17)37-52(83)81-36-24-28-50(81)59(97-18)42(9)61(86)73-43(10)58(85)45-25-21-20-22-26-45)79(15)66(91)55(39(4)5)78-65(90)56(40(6)7)80(16)69(95)98-60(67(92)93)46-29-31-47(32-30-46)75-62(87)48(27-23-35-72-68(71)94)76-64(89)54(38(2)3)77-63(88)49(74-44(11)82)33-34-53(84)99-70(12,13)14/h20-22,25-26,29-32,38-43,48-51,54-60,85H,19,23-24,27-28,33-37H2,1-18H3,(H,73,86)(H,74,82)(H,75,87)(H,76,89)(H,77,88)(H,78,90)(H,92,93)(H3,71,72,94)/t41-,42+,43+,48-,49-,50-,51+,54-,55-,56-,57-,58+,59+,60?/m0/s1. The van der Waals surface area contributed by atoms with Gasteiger partial charge in [0.1, 0.15) is 35.8 Å². The first kappa shape index (κ1) is 84.8. The summed E-state index contributed by atoms with van der Waals surface area (Å²) >= 11 is 0. The van der Waals surface area contributed by atoms with E-state index in [1.54, 1.807) is 112 Å². The Hall–Kier alpha value is -8.44. The molecule has 1 unspecified atom stereocenters. The number of carbonyl (C=O) groups is 12. The number of aliphatic hydroxyl groups excluding tert-OH is 1. The van der Waals surface area contributed by atoms with Gasteiger partial charge >= 0.3 is 24.1 Å². The van der Waals surface area contributed by atoms with Crippen molar-refractivity contribution in [2.75, 3.05) is 46.7 Å². The zero-order valence-electron chi connectivity index (χ0n) is 60.9. The number of esters is 1. The Balaban J connectivity index is 1.80. The summed E-state index contributed by atoms with van der Waals surface area (Å²) in [6.45, 7) is 24.0. The maximum absolute atomic E-state index is 14.9. The van der Waals surface area contributed by atoms with Gasteiger partial charge in [-0.3, -0.25) is 48.1 Å². The highest BCUT2D eigenvalue weighted by molar-refractivity contribution is 5.99. The second kappa shape index (κ2) is 40.0. The molecular weight excluding hydrogens is 1280 g/mol. The summed E-state index contributed by atoms with van der Waals surface area (Å²) in [5.74, 6) is -9.67. The molecule has 14 atom stereocenters. The molecular formula is C70H111N11O18. The number of rotatable bonds is 38. The molecule has 0 radical (unpaired) electrons. The van der Waals surface area contributed by atoms with E-state index in [-0.39, 0.29) is 67.6 Å². The van der Waals surface area contributed by atoms with E-state index in [9.17, 15) is 67.7 Å². The van der Waals surface area contributed by atoms with Gasteiger partial charge in [-0.2, -0.15) is 0 Å². The van der Waals surface area contributed by atoms with E-state index in [1.807, 2.05) is 19.9 Å². The van der Waals surface area contributed by atoms with Gasteiger partial charge in [0.15, 0.2) is 0 Å². The fourth-order valence-electron chi connectivity index (χ4n) is 12.1. The number of nitrogens with one attached hydrogen (secondary N) is 7. The number of methoxy groups -OCH3 is 2. The maximum Gasteiger partial charge on any atom is 0.411 e. The predicted molar refractivity (Wildman–Crippen MR) is 368 cm³/mol. The van der Waals surface area contributed by atoms with Gasteiger partial charge in [-0.25, -0.2) is 14.4 Å². The molecule has 2 aromatic carbocycles. The Morgan fingerprint density at radius 3 is 1.82 bits per heavy atom. The minimum Gasteiger partial charge on any atom is -0.478 e. The van der Waals surface area contributed by atoms with E-state index in [2.05, 4.69) is 37.2 Å². The average Bonchev–Trinajstić information content (AvgIpc) is 1.80. The molecule has 99 heavy (non-hydrogen) atoms. The minimum absolute atomic E-state index is 0.0162. The molecule has 0 aromatic heterocycles. The molecule has 0 spiro atoms. The summed E-state index contributed by atoms with van der Waals surface area (Å²) in [7, 11) is 5.79. The fourth-order valence-corrected chi connectivity index (χ4v) is 12.1. The van der Waals surface area contributed by atoms with Crippen molar-refractivity contribution in [1.29, 1.82) is 0 Å². The minimum atomic E-state index is -1.95. The number of carbonyl (C=O) groups excluding carboxylic acids is 11. The van der Waals surface area contributed by atoms with Crippen molar-refractivity contribution in [3.8, 4) is 0 Å². The molecule has 29 nitrogen and oxygen atoms in total. The SMILES string of the molecule is CC[C@H](C)[C@@H]([C@@H](CC(=O)N1CCC[C@H]1[C@H](OC)[C@@H](C)C(=O)N[C@H](C)[C@@H](O)c1ccccc1)OC)N(C)C(=O)[C@@H](NC(=O)[C@H](C(C)C)N(C)C(=O)OC(C(=O)O)c1ccc(NC(=O)[C@H](CCCNC(N)=O)NC(=O)[C@@H](NC(=O)[C@H](CCC(=O)OC(C)(C)C)NC(C)=O)C(C)C)cc1)C(C)C. The topological polar surface area (TPSA) is 402 Å². The van der Waals surface area contributed by atoms with E-state index in [0.29, 0.717) is 31.4 Å². The fraction of sp³-hybridized carbons (Fsp3) is 0.657. The van der Waals surface area contributed by atoms with Crippen molar-refractivity contribution in [2.24, 2.45) is 35.3 Å². The lowest BCUT2D eigenvalue weighted by atomic mass is 9.89. The van der Waals surface area contributed by atoms with Gasteiger partial charge in [-0.15, -0.1) is 0 Å². The number of anilines is 1. The Morgan fingerprint density at radius 1 is 0.697 bits per heavy atom. The maximum atomic E-state index is 14.9. The molecule has 1 saturated heterocycles. The van der Waals surface area contributed by atoms with Gasteiger partial charge in [0.25, 0.3) is 0 Å². The molecule has 3 rings (SSSR count). The van der Waals surface area contributed by atoms with Crippen LogP contribution in [0.15, 0.2) is 54.6 Å². The van der Waals surface area contributed by atoms with Crippen molar-refractivity contribution < 1.29 is 86.7 Å². The third-order valence-corrected chi connectivity index (χ3v) is 17.6. The molecule has 0 bridgehead atoms. The number of hydrogen-bond acceptors (Lipinski definition) is 17. The van der Waals surface area contributed by atoms with E-state index in [1.165, 1.54) is 57.4 Å². The molecule has 29 heteroatoms. The smallest absolute Gasteiger partial charge is 0.411 e. The van der Waals surface area contributed by atoms with Crippen LogP contribution in [-0.4, -0.2) is 204 Å². The van der Waals surface area contributed by atoms with E-state index in [0.717, 1.165) is 4.90 Å². The number of hydrogen-bond donors (Lipinski definition) is 10. The van der Waals surface area contributed by atoms with Crippen LogP contribution in [0.5, 0.6) is 0 Å². The van der Waals surface area contributed by atoms with Gasteiger partial charge in [0.05, 0.1) is 48.8 Å². The lowest BCUT2D eigenvalue weighted by molar-refractivity contribution is -0.155. The first-order valence-electron chi connectivity index (χ1n) is 34.0. The monoisotopic (exact) mass is 1390 g/mol. The molecule has 0 aliphatic carbocycles. The van der Waals surface area contributed by atoms with E-state index in [4.69, 9.17) is 24.7 Å². The molecule has 2 aromatic rings. The number of likely N-dealkylation sites (tertiary alicyclic amines) is 1. The van der Waals surface area contributed by atoms with E-state index >= 15 is 0 Å². The van der Waals surface area contributed by atoms with Gasteiger partial charge in [-0.1, -0.05) is 111 Å². The average molecular weight is 1390 g/mol. The lowest BCUT2D eigenvalue weighted by Crippen LogP contribution is -2.60. The van der Waals surface area contributed by atoms with Crippen LogP contribution in [0.2, 0.25) is 0 Å². The number of aliphatic hydroxyl groups is 1. The van der Waals surface area contributed by atoms with Crippen LogP contribution in [0.3, 0.4) is 0 Å². The number of ether oxygens (including phenoxy) is 4. The van der Waals surface area contributed by atoms with Crippen molar-refractivity contribution in [1.82, 2.24) is 46.6 Å². The van der Waals surface area contributed by atoms with Crippen LogP contribution < -0.4 is 43.0 Å². The third-order valence-electron chi connectivity index (χ3n) is 17.6. The number of urea groups is 1. The summed E-state index contributed by atoms with van der Waals surface area (Å²) in [4.78, 5) is 166. The van der Waals surface area contributed by atoms with Crippen LogP contribution in [-0.2, 0) is 66.9 Å². The van der Waals surface area contributed by atoms with Crippen LogP contribution >= 0.6 is 0 Å². The van der Waals surface area contributed by atoms with Gasteiger partial charge in [0, 0.05) is 66.0 Å². The molecule has 1 aliphatic rings. The molecule has 11 amide bonds. The van der Waals surface area contributed by atoms with E-state index < -0.39 is 162 Å². The number of nitrogens with zero attached hydrogens (tertiary/aromatic N) is 3. The quantitative estimate of drug-likeness (QED) is 0.0317. The zero-order valence-corrected chi connectivity index (χ0v) is 60.9. The highest BCUT2D eigenvalue weighted by atomic mass is 16.6. The summed E-state index contributed by atoms with van der Waals surface area (Å²) in [5, 5.41) is 40.0. The Morgan fingerprint density at radius 2 is 1.29 bits per heavy atom. The summed E-state index contributed by atoms with van der Waals surface area (Å²) in [6.07, 6.45) is -4.35. The normalized spacial score (nSPS) is 17.1. The van der Waals surface area contributed by atoms with Crippen molar-refractivity contribution in [3.63, 3.8) is 0 Å². The van der Waals surface area contributed by atoms with Crippen LogP contribution in [0.25, 0.3) is 0 Å². The number of likely N-dealkylation sites (N-methyl/N-ethyl adjacent to an activating group) is 2. The van der Waals surface area contributed by atoms with Crippen molar-refractivity contribution in [2.45, 2.75) is 227 Å². The first-order valence-corrected chi connectivity index (χ1v) is 34.0. The summed E-state index contributed by atoms with van der Waals surface area (Å²) in [6, 6.07) is 5.25. The highest BCUT2D eigenvalue weighted by Gasteiger charge is 2.45. The lowest BCUT2D eigenvalue weighted by Gasteiger charge is -2.41. The van der Waals surface area contributed by atoms with Crippen LogP contribution in [0.4, 0.5) is 15.3 Å². The molecule has 11 N–H and O–H groups in total. The Bertz CT molecular complexity index is 3040. The Labute approximate surface area is 582 Å². The number of carboxylic acid groups (broad SMARTS) is 1. The second-order valence-electron chi connectivity index (χ2n) is 27.6. The molecule has 0 saturated carbocycles. The number of carboxylic acids is 1. The summed E-state index contributed by atoms with van der Waals surface area (Å²) in [5.41, 5.74) is 5.13. The second-order valence-corrected chi connectivity index (χ2v) is 27.6.